The van der Waals surface area contributed by atoms with Gasteiger partial charge in [0.1, 0.15) is 0 Å². The zero-order chi connectivity index (χ0) is 14.9. The summed E-state index contributed by atoms with van der Waals surface area (Å²) in [6.45, 7) is 2.07. The Kier molecular flexibility index (Phi) is 3.44. The molecule has 0 aliphatic carbocycles. The predicted octanol–water partition coefficient (Wildman–Crippen LogP) is 4.28. The van der Waals surface area contributed by atoms with Crippen molar-refractivity contribution in [3.8, 4) is 10.8 Å². The largest absolute Gasteiger partial charge is 0.333 e. The van der Waals surface area contributed by atoms with Crippen LogP contribution < -0.4 is 0 Å². The molecule has 0 spiro atoms. The van der Waals surface area contributed by atoms with Gasteiger partial charge in [0.15, 0.2) is 11.0 Å². The maximum absolute atomic E-state index is 5.28. The molecule has 0 saturated carbocycles. The minimum atomic E-state index is 0.575. The van der Waals surface area contributed by atoms with Crippen molar-refractivity contribution in [1.29, 1.82) is 0 Å². The summed E-state index contributed by atoms with van der Waals surface area (Å²) in [5, 5.41) is 6.87. The maximum atomic E-state index is 5.28. The van der Waals surface area contributed by atoms with Crippen LogP contribution in [0.4, 0.5) is 0 Å². The Bertz CT molecular complexity index is 911. The SMILES string of the molecule is Cc1ccc2nc(SCc3noc(-c4cccs4)n3)[nH]c2c1. The zero-order valence-corrected chi connectivity index (χ0v) is 13.4. The summed E-state index contributed by atoms with van der Waals surface area (Å²) in [7, 11) is 0. The van der Waals surface area contributed by atoms with Crippen molar-refractivity contribution in [3.05, 3.63) is 47.1 Å². The quantitative estimate of drug-likeness (QED) is 0.566. The van der Waals surface area contributed by atoms with Gasteiger partial charge in [-0.15, -0.1) is 11.3 Å². The molecule has 5 nitrogen and oxygen atoms in total. The highest BCUT2D eigenvalue weighted by Crippen LogP contribution is 2.26. The molecule has 0 saturated heterocycles. The van der Waals surface area contributed by atoms with Crippen molar-refractivity contribution in [1.82, 2.24) is 20.1 Å². The van der Waals surface area contributed by atoms with Gasteiger partial charge in [-0.2, -0.15) is 4.98 Å². The summed E-state index contributed by atoms with van der Waals surface area (Å²) in [5.74, 6) is 1.86. The summed E-state index contributed by atoms with van der Waals surface area (Å²) >= 11 is 3.15. The standard InChI is InChI=1S/C15H12N4OS2/c1-9-4-5-10-11(7-9)17-15(16-10)22-8-13-18-14(20-19-13)12-3-2-6-21-12/h2-7H,8H2,1H3,(H,16,17). The van der Waals surface area contributed by atoms with Crippen LogP contribution in [0.15, 0.2) is 45.4 Å². The number of nitrogens with one attached hydrogen (secondary N) is 1. The summed E-state index contributed by atoms with van der Waals surface area (Å²) < 4.78 is 5.28. The number of hydrogen-bond acceptors (Lipinski definition) is 6. The molecule has 0 fully saturated rings. The van der Waals surface area contributed by atoms with Gasteiger partial charge in [-0.3, -0.25) is 0 Å². The average Bonchev–Trinajstić information content (AvgIpc) is 3.24. The van der Waals surface area contributed by atoms with E-state index < -0.39 is 0 Å². The van der Waals surface area contributed by atoms with Gasteiger partial charge in [0, 0.05) is 0 Å². The van der Waals surface area contributed by atoms with E-state index in [0.717, 1.165) is 21.1 Å². The van der Waals surface area contributed by atoms with Crippen molar-refractivity contribution in [2.45, 2.75) is 17.8 Å². The molecule has 22 heavy (non-hydrogen) atoms. The van der Waals surface area contributed by atoms with E-state index in [1.165, 1.54) is 5.56 Å². The number of nitrogens with zero attached hydrogens (tertiary/aromatic N) is 3. The van der Waals surface area contributed by atoms with Gasteiger partial charge in [-0.05, 0) is 36.1 Å². The molecule has 1 N–H and O–H groups in total. The molecule has 0 atom stereocenters. The highest BCUT2D eigenvalue weighted by Gasteiger charge is 2.11. The second-order valence-corrected chi connectivity index (χ2v) is 6.76. The smallest absolute Gasteiger partial charge is 0.268 e. The van der Waals surface area contributed by atoms with Crippen LogP contribution in [0.2, 0.25) is 0 Å². The van der Waals surface area contributed by atoms with E-state index >= 15 is 0 Å². The molecule has 0 amide bonds. The molecular formula is C15H12N4OS2. The lowest BCUT2D eigenvalue weighted by Crippen LogP contribution is -1.84. The molecule has 110 valence electrons. The summed E-state index contributed by atoms with van der Waals surface area (Å²) in [6.07, 6.45) is 0. The molecule has 3 aromatic heterocycles. The molecule has 0 radical (unpaired) electrons. The third-order valence-corrected chi connectivity index (χ3v) is 4.88. The Balaban J connectivity index is 1.49. The van der Waals surface area contributed by atoms with Crippen molar-refractivity contribution >= 4 is 34.1 Å². The lowest BCUT2D eigenvalue weighted by molar-refractivity contribution is 0.426. The second kappa shape index (κ2) is 5.58. The predicted molar refractivity (Wildman–Crippen MR) is 88.0 cm³/mol. The van der Waals surface area contributed by atoms with E-state index in [4.69, 9.17) is 4.52 Å². The van der Waals surface area contributed by atoms with E-state index in [9.17, 15) is 0 Å². The van der Waals surface area contributed by atoms with Crippen LogP contribution in [-0.2, 0) is 5.75 Å². The molecular weight excluding hydrogens is 316 g/mol. The number of thiophene rings is 1. The first-order valence-corrected chi connectivity index (χ1v) is 8.60. The summed E-state index contributed by atoms with van der Waals surface area (Å²) in [6, 6.07) is 10.1. The number of rotatable bonds is 4. The highest BCUT2D eigenvalue weighted by molar-refractivity contribution is 7.98. The fourth-order valence-electron chi connectivity index (χ4n) is 2.11. The first-order valence-electron chi connectivity index (χ1n) is 6.73. The van der Waals surface area contributed by atoms with E-state index in [-0.39, 0.29) is 0 Å². The van der Waals surface area contributed by atoms with Crippen molar-refractivity contribution < 1.29 is 4.52 Å². The number of aromatic amines is 1. The third kappa shape index (κ3) is 2.65. The number of hydrogen-bond donors (Lipinski definition) is 1. The number of imidazole rings is 1. The normalized spacial score (nSPS) is 11.3. The Morgan fingerprint density at radius 2 is 2.23 bits per heavy atom. The number of fused-ring (bicyclic) bond motifs is 1. The fourth-order valence-corrected chi connectivity index (χ4v) is 3.49. The minimum absolute atomic E-state index is 0.575. The Morgan fingerprint density at radius 1 is 1.27 bits per heavy atom. The van der Waals surface area contributed by atoms with Crippen LogP contribution in [0.1, 0.15) is 11.4 Å². The molecule has 0 aliphatic heterocycles. The van der Waals surface area contributed by atoms with Crippen molar-refractivity contribution in [2.24, 2.45) is 0 Å². The number of thioether (sulfide) groups is 1. The van der Waals surface area contributed by atoms with E-state index in [1.807, 2.05) is 23.6 Å². The Morgan fingerprint density at radius 3 is 3.09 bits per heavy atom. The monoisotopic (exact) mass is 328 g/mol. The first kappa shape index (κ1) is 13.5. The van der Waals surface area contributed by atoms with Crippen molar-refractivity contribution in [3.63, 3.8) is 0 Å². The molecule has 1 aromatic carbocycles. The van der Waals surface area contributed by atoms with Crippen LogP contribution in [-0.4, -0.2) is 20.1 Å². The Labute approximate surface area is 134 Å². The van der Waals surface area contributed by atoms with Crippen LogP contribution in [0, 0.1) is 6.92 Å². The fraction of sp³-hybridized carbons (Fsp3) is 0.133. The van der Waals surface area contributed by atoms with Crippen LogP contribution in [0.5, 0.6) is 0 Å². The van der Waals surface area contributed by atoms with Gasteiger partial charge in [0.2, 0.25) is 0 Å². The number of benzene rings is 1. The summed E-state index contributed by atoms with van der Waals surface area (Å²) in [4.78, 5) is 13.3. The molecule has 0 bridgehead atoms. The Hall–Kier alpha value is -2.12. The van der Waals surface area contributed by atoms with E-state index in [0.29, 0.717) is 17.5 Å². The molecule has 0 aliphatic rings. The molecule has 0 unspecified atom stereocenters. The number of H-pyrrole nitrogens is 1. The van der Waals surface area contributed by atoms with Gasteiger partial charge in [0.25, 0.3) is 5.89 Å². The minimum Gasteiger partial charge on any atom is -0.333 e. The molecule has 4 aromatic rings. The maximum Gasteiger partial charge on any atom is 0.268 e. The van der Waals surface area contributed by atoms with Gasteiger partial charge in [0.05, 0.1) is 21.7 Å². The van der Waals surface area contributed by atoms with Crippen LogP contribution in [0.25, 0.3) is 21.8 Å². The van der Waals surface area contributed by atoms with Gasteiger partial charge < -0.3 is 9.51 Å². The topological polar surface area (TPSA) is 67.6 Å². The van der Waals surface area contributed by atoms with Gasteiger partial charge in [-0.1, -0.05) is 29.1 Å². The lowest BCUT2D eigenvalue weighted by Gasteiger charge is -1.91. The first-order chi connectivity index (χ1) is 10.8. The molecule has 7 heteroatoms. The molecule has 4 rings (SSSR count). The lowest BCUT2D eigenvalue weighted by atomic mass is 10.2. The van der Waals surface area contributed by atoms with Crippen LogP contribution in [0.3, 0.4) is 0 Å². The highest BCUT2D eigenvalue weighted by atomic mass is 32.2. The number of aromatic nitrogens is 4. The van der Waals surface area contributed by atoms with Crippen molar-refractivity contribution in [2.75, 3.05) is 0 Å². The van der Waals surface area contributed by atoms with Crippen LogP contribution >= 0.6 is 23.1 Å². The van der Waals surface area contributed by atoms with E-state index in [2.05, 4.69) is 39.2 Å². The third-order valence-electron chi connectivity index (χ3n) is 3.15. The summed E-state index contributed by atoms with van der Waals surface area (Å²) in [5.41, 5.74) is 3.24. The van der Waals surface area contributed by atoms with Gasteiger partial charge >= 0.3 is 0 Å². The number of aryl methyl sites for hydroxylation is 1. The average molecular weight is 328 g/mol. The van der Waals surface area contributed by atoms with E-state index in [1.54, 1.807) is 23.1 Å². The zero-order valence-electron chi connectivity index (χ0n) is 11.7. The van der Waals surface area contributed by atoms with Gasteiger partial charge in [-0.25, -0.2) is 4.98 Å². The second-order valence-electron chi connectivity index (χ2n) is 4.84. The molecule has 3 heterocycles.